The summed E-state index contributed by atoms with van der Waals surface area (Å²) in [6.07, 6.45) is 2.52. The molecule has 0 atom stereocenters. The van der Waals surface area contributed by atoms with Crippen LogP contribution in [-0.2, 0) is 6.42 Å². The zero-order valence-electron chi connectivity index (χ0n) is 8.18. The molecule has 72 valence electrons. The Kier molecular flexibility index (Phi) is 3.21. The molecule has 0 fully saturated rings. The molecule has 0 bridgehead atoms. The molecule has 2 rings (SSSR count). The maximum absolute atomic E-state index is 3.43. The van der Waals surface area contributed by atoms with Crippen LogP contribution in [0.1, 0.15) is 23.1 Å². The number of aryl methyl sites for hydroxylation is 1. The van der Waals surface area contributed by atoms with Gasteiger partial charge in [-0.25, -0.2) is 0 Å². The van der Waals surface area contributed by atoms with Gasteiger partial charge in [0.1, 0.15) is 0 Å². The highest BCUT2D eigenvalue weighted by molar-refractivity contribution is 5.85. The van der Waals surface area contributed by atoms with Crippen molar-refractivity contribution in [3.05, 3.63) is 28.8 Å². The van der Waals surface area contributed by atoms with Crippen LogP contribution in [0.4, 0.5) is 5.69 Å². The van der Waals surface area contributed by atoms with Crippen molar-refractivity contribution >= 4 is 18.1 Å². The lowest BCUT2D eigenvalue weighted by atomic mass is 9.95. The number of hydrogen-bond acceptors (Lipinski definition) is 1. The molecular weight excluding hydrogens is 182 g/mol. The molecule has 0 saturated carbocycles. The van der Waals surface area contributed by atoms with Gasteiger partial charge in [-0.15, -0.1) is 12.4 Å². The summed E-state index contributed by atoms with van der Waals surface area (Å²) < 4.78 is 0. The molecule has 0 aliphatic carbocycles. The predicted octanol–water partition coefficient (Wildman–Crippen LogP) is 3.08. The summed E-state index contributed by atoms with van der Waals surface area (Å²) in [7, 11) is 0. The average molecular weight is 198 g/mol. The Morgan fingerprint density at radius 1 is 1.23 bits per heavy atom. The number of rotatable bonds is 0. The number of nitrogens with one attached hydrogen (secondary N) is 1. The second-order valence-corrected chi connectivity index (χ2v) is 3.56. The first-order valence-corrected chi connectivity index (χ1v) is 4.62. The molecule has 0 spiro atoms. The lowest BCUT2D eigenvalue weighted by molar-refractivity contribution is 0.822. The fourth-order valence-corrected chi connectivity index (χ4v) is 1.85. The number of hydrogen-bond donors (Lipinski definition) is 1. The van der Waals surface area contributed by atoms with Crippen molar-refractivity contribution in [3.8, 4) is 0 Å². The lowest BCUT2D eigenvalue weighted by Crippen LogP contribution is -2.13. The molecule has 2 heteroatoms. The molecular formula is C11H16ClN. The highest BCUT2D eigenvalue weighted by Gasteiger charge is 2.10. The van der Waals surface area contributed by atoms with Gasteiger partial charge in [-0.2, -0.15) is 0 Å². The summed E-state index contributed by atoms with van der Waals surface area (Å²) in [6, 6.07) is 4.41. The van der Waals surface area contributed by atoms with E-state index in [4.69, 9.17) is 0 Å². The molecule has 1 aliphatic heterocycles. The summed E-state index contributed by atoms with van der Waals surface area (Å²) in [5.74, 6) is 0. The molecule has 1 nitrogen and oxygen atoms in total. The number of anilines is 1. The van der Waals surface area contributed by atoms with Gasteiger partial charge in [0.25, 0.3) is 0 Å². The molecule has 0 unspecified atom stereocenters. The predicted molar refractivity (Wildman–Crippen MR) is 60.0 cm³/mol. The van der Waals surface area contributed by atoms with Crippen molar-refractivity contribution in [2.45, 2.75) is 26.7 Å². The highest BCUT2D eigenvalue weighted by Crippen LogP contribution is 2.26. The zero-order chi connectivity index (χ0) is 8.55. The van der Waals surface area contributed by atoms with Gasteiger partial charge in [0.05, 0.1) is 0 Å². The minimum absolute atomic E-state index is 0. The van der Waals surface area contributed by atoms with Crippen molar-refractivity contribution in [1.29, 1.82) is 0 Å². The SMILES string of the molecule is Cc1ccc2c(c1C)CCCN2.Cl. The topological polar surface area (TPSA) is 12.0 Å². The Hall–Kier alpha value is -0.690. The van der Waals surface area contributed by atoms with Crippen molar-refractivity contribution in [1.82, 2.24) is 0 Å². The maximum Gasteiger partial charge on any atom is 0.0375 e. The van der Waals surface area contributed by atoms with Crippen molar-refractivity contribution < 1.29 is 0 Å². The molecule has 0 radical (unpaired) electrons. The quantitative estimate of drug-likeness (QED) is 0.674. The van der Waals surface area contributed by atoms with E-state index >= 15 is 0 Å². The lowest BCUT2D eigenvalue weighted by Gasteiger charge is -2.20. The second-order valence-electron chi connectivity index (χ2n) is 3.56. The van der Waals surface area contributed by atoms with Gasteiger partial charge in [0.15, 0.2) is 0 Å². The molecule has 0 aromatic heterocycles. The van der Waals surface area contributed by atoms with Gasteiger partial charge in [-0.1, -0.05) is 6.07 Å². The fraction of sp³-hybridized carbons (Fsp3) is 0.455. The van der Waals surface area contributed by atoms with Crippen LogP contribution in [-0.4, -0.2) is 6.54 Å². The zero-order valence-corrected chi connectivity index (χ0v) is 9.00. The van der Waals surface area contributed by atoms with Gasteiger partial charge >= 0.3 is 0 Å². The number of benzene rings is 1. The van der Waals surface area contributed by atoms with E-state index in [-0.39, 0.29) is 12.4 Å². The molecule has 0 amide bonds. The van der Waals surface area contributed by atoms with Crippen molar-refractivity contribution in [2.24, 2.45) is 0 Å². The highest BCUT2D eigenvalue weighted by atomic mass is 35.5. The molecule has 0 saturated heterocycles. The summed E-state index contributed by atoms with van der Waals surface area (Å²) >= 11 is 0. The summed E-state index contributed by atoms with van der Waals surface area (Å²) in [5, 5.41) is 3.43. The van der Waals surface area contributed by atoms with Gasteiger partial charge in [-0.3, -0.25) is 0 Å². The van der Waals surface area contributed by atoms with Crippen LogP contribution in [0.3, 0.4) is 0 Å². The first-order chi connectivity index (χ1) is 5.79. The van der Waals surface area contributed by atoms with E-state index in [0.717, 1.165) is 6.54 Å². The minimum atomic E-state index is 0. The van der Waals surface area contributed by atoms with Gasteiger partial charge in [0.2, 0.25) is 0 Å². The van der Waals surface area contributed by atoms with Crippen LogP contribution >= 0.6 is 12.4 Å². The van der Waals surface area contributed by atoms with Crippen LogP contribution in [0, 0.1) is 13.8 Å². The number of fused-ring (bicyclic) bond motifs is 1. The van der Waals surface area contributed by atoms with Crippen LogP contribution in [0.25, 0.3) is 0 Å². The largest absolute Gasteiger partial charge is 0.385 e. The Bertz CT molecular complexity index is 307. The minimum Gasteiger partial charge on any atom is -0.385 e. The Morgan fingerprint density at radius 3 is 2.77 bits per heavy atom. The maximum atomic E-state index is 3.43. The third-order valence-electron chi connectivity index (χ3n) is 2.79. The second kappa shape index (κ2) is 4.01. The third kappa shape index (κ3) is 1.80. The first kappa shape index (κ1) is 10.4. The van der Waals surface area contributed by atoms with E-state index in [1.54, 1.807) is 0 Å². The van der Waals surface area contributed by atoms with Crippen molar-refractivity contribution in [3.63, 3.8) is 0 Å². The molecule has 1 aliphatic rings. The van der Waals surface area contributed by atoms with Crippen LogP contribution in [0.2, 0.25) is 0 Å². The van der Waals surface area contributed by atoms with Crippen LogP contribution in [0.15, 0.2) is 12.1 Å². The summed E-state index contributed by atoms with van der Waals surface area (Å²) in [4.78, 5) is 0. The summed E-state index contributed by atoms with van der Waals surface area (Å²) in [6.45, 7) is 5.54. The normalized spacial score (nSPS) is 14.0. The number of halogens is 1. The smallest absolute Gasteiger partial charge is 0.0375 e. The van der Waals surface area contributed by atoms with Gasteiger partial charge < -0.3 is 5.32 Å². The first-order valence-electron chi connectivity index (χ1n) is 4.62. The average Bonchev–Trinajstić information content (AvgIpc) is 2.12. The molecule has 1 aromatic rings. The van der Waals surface area contributed by atoms with Crippen LogP contribution < -0.4 is 5.32 Å². The Morgan fingerprint density at radius 2 is 2.00 bits per heavy atom. The molecule has 1 heterocycles. The molecule has 13 heavy (non-hydrogen) atoms. The monoisotopic (exact) mass is 197 g/mol. The van der Waals surface area contributed by atoms with E-state index in [1.807, 2.05) is 0 Å². The Balaban J connectivity index is 0.000000845. The fourth-order valence-electron chi connectivity index (χ4n) is 1.85. The van der Waals surface area contributed by atoms with E-state index in [2.05, 4.69) is 31.3 Å². The molecule has 1 aromatic carbocycles. The standard InChI is InChI=1S/C11H15N.ClH/c1-8-5-6-11-10(9(8)2)4-3-7-12-11;/h5-6,12H,3-4,7H2,1-2H3;1H. The van der Waals surface area contributed by atoms with Gasteiger partial charge in [0, 0.05) is 12.2 Å². The third-order valence-corrected chi connectivity index (χ3v) is 2.79. The van der Waals surface area contributed by atoms with Crippen molar-refractivity contribution in [2.75, 3.05) is 11.9 Å². The van der Waals surface area contributed by atoms with E-state index in [1.165, 1.54) is 35.2 Å². The Labute approximate surface area is 86.0 Å². The van der Waals surface area contributed by atoms with E-state index < -0.39 is 0 Å². The van der Waals surface area contributed by atoms with E-state index in [9.17, 15) is 0 Å². The van der Waals surface area contributed by atoms with Gasteiger partial charge in [-0.05, 0) is 49.4 Å². The summed E-state index contributed by atoms with van der Waals surface area (Å²) in [5.41, 5.74) is 5.77. The van der Waals surface area contributed by atoms with Crippen LogP contribution in [0.5, 0.6) is 0 Å². The molecule has 1 N–H and O–H groups in total. The van der Waals surface area contributed by atoms with E-state index in [0.29, 0.717) is 0 Å².